The lowest BCUT2D eigenvalue weighted by Gasteiger charge is -2.34. The third-order valence-corrected chi connectivity index (χ3v) is 12.3. The molecule has 0 aliphatic carbocycles. The highest BCUT2D eigenvalue weighted by Crippen LogP contribution is 2.16. The van der Waals surface area contributed by atoms with Crippen LogP contribution in [0.25, 0.3) is 0 Å². The maximum atomic E-state index is 12.8. The minimum absolute atomic E-state index is 0.0393. The molecule has 0 bridgehead atoms. The lowest BCUT2D eigenvalue weighted by atomic mass is 10.0. The van der Waals surface area contributed by atoms with Gasteiger partial charge in [-0.05, 0) is 64.2 Å². The molecule has 8 nitrogen and oxygen atoms in total. The van der Waals surface area contributed by atoms with Crippen molar-refractivity contribution in [1.82, 2.24) is 0 Å². The van der Waals surface area contributed by atoms with Gasteiger partial charge in [0.15, 0.2) is 6.10 Å². The first-order chi connectivity index (χ1) is 30.6. The standard InChI is InChI=1S/C55H103NO7/c1-6-8-10-12-14-16-18-20-22-24-25-26-27-28-29-30-32-33-35-37-39-41-43-45-53(57)62-50-51(49-61-48-47-52(55(59)60)56(3,4)5)63-54(58)46-44-42-40-38-36-34-31-23-21-19-17-15-13-11-9-7-2/h23,28-29,31,51-52H,6-22,24-27,30,32-50H2,1-5H3/b29-28+,31-23+. The van der Waals surface area contributed by atoms with Crippen molar-refractivity contribution in [2.75, 3.05) is 41.0 Å². The van der Waals surface area contributed by atoms with Crippen LogP contribution in [0.3, 0.4) is 0 Å². The first kappa shape index (κ1) is 60.8. The summed E-state index contributed by atoms with van der Waals surface area (Å²) in [5.41, 5.74) is 0. The average Bonchev–Trinajstić information content (AvgIpc) is 3.24. The summed E-state index contributed by atoms with van der Waals surface area (Å²) < 4.78 is 17.3. The molecule has 2 atom stereocenters. The Bertz CT molecular complexity index is 1080. The molecule has 0 N–H and O–H groups in total. The monoisotopic (exact) mass is 890 g/mol. The smallest absolute Gasteiger partial charge is 0.306 e. The fraction of sp³-hybridized carbons (Fsp3) is 0.873. The molecule has 0 aliphatic rings. The summed E-state index contributed by atoms with van der Waals surface area (Å²) >= 11 is 0. The number of quaternary nitrogens is 1. The van der Waals surface area contributed by atoms with Crippen LogP contribution in [0.1, 0.15) is 258 Å². The third kappa shape index (κ3) is 44.8. The highest BCUT2D eigenvalue weighted by atomic mass is 16.6. The van der Waals surface area contributed by atoms with Crippen LogP contribution in [0.2, 0.25) is 0 Å². The highest BCUT2D eigenvalue weighted by molar-refractivity contribution is 5.70. The zero-order chi connectivity index (χ0) is 46.3. The second kappa shape index (κ2) is 46.3. The minimum Gasteiger partial charge on any atom is -0.544 e. The van der Waals surface area contributed by atoms with Crippen LogP contribution in [0, 0.1) is 0 Å². The number of esters is 2. The zero-order valence-electron chi connectivity index (χ0n) is 42.3. The van der Waals surface area contributed by atoms with Gasteiger partial charge in [0.2, 0.25) is 0 Å². The lowest BCUT2D eigenvalue weighted by molar-refractivity contribution is -0.889. The molecule has 0 heterocycles. The van der Waals surface area contributed by atoms with Crippen molar-refractivity contribution in [2.24, 2.45) is 0 Å². The van der Waals surface area contributed by atoms with Gasteiger partial charge in [-0.25, -0.2) is 0 Å². The SMILES string of the molecule is CCCCCCCCC/C=C/CCCCCCCC(=O)OC(COCCC(C(=O)[O-])[N+](C)(C)C)COC(=O)CCCCCCCCC/C=C/CCCCCCCCCCCCCC. The molecule has 0 radical (unpaired) electrons. The first-order valence-electron chi connectivity index (χ1n) is 26.9. The Kier molecular flexibility index (Phi) is 44.7. The summed E-state index contributed by atoms with van der Waals surface area (Å²) in [7, 11) is 5.42. The Morgan fingerprint density at radius 2 is 0.794 bits per heavy atom. The largest absolute Gasteiger partial charge is 0.544 e. The number of likely N-dealkylation sites (N-methyl/N-ethyl adjacent to an activating group) is 1. The number of hydrogen-bond acceptors (Lipinski definition) is 7. The van der Waals surface area contributed by atoms with E-state index in [4.69, 9.17) is 14.2 Å². The van der Waals surface area contributed by atoms with E-state index in [9.17, 15) is 19.5 Å². The number of carbonyl (C=O) groups is 3. The molecular formula is C55H103NO7. The van der Waals surface area contributed by atoms with Gasteiger partial charge in [-0.15, -0.1) is 0 Å². The van der Waals surface area contributed by atoms with Crippen molar-refractivity contribution in [1.29, 1.82) is 0 Å². The Hall–Kier alpha value is -2.19. The fourth-order valence-electron chi connectivity index (χ4n) is 8.12. The van der Waals surface area contributed by atoms with Crippen LogP contribution in [0.15, 0.2) is 24.3 Å². The van der Waals surface area contributed by atoms with Crippen LogP contribution in [0.4, 0.5) is 0 Å². The average molecular weight is 890 g/mol. The van der Waals surface area contributed by atoms with E-state index in [1.165, 1.54) is 173 Å². The van der Waals surface area contributed by atoms with E-state index in [2.05, 4.69) is 38.2 Å². The Labute approximate surface area is 390 Å². The molecule has 0 spiro atoms. The Morgan fingerprint density at radius 3 is 1.14 bits per heavy atom. The van der Waals surface area contributed by atoms with Crippen LogP contribution in [0.5, 0.6) is 0 Å². The number of unbranched alkanes of at least 4 members (excludes halogenated alkanes) is 31. The number of carbonyl (C=O) groups excluding carboxylic acids is 3. The summed E-state index contributed by atoms with van der Waals surface area (Å²) in [6.07, 6.45) is 53.6. The van der Waals surface area contributed by atoms with Crippen LogP contribution in [-0.2, 0) is 28.6 Å². The van der Waals surface area contributed by atoms with Gasteiger partial charge >= 0.3 is 11.9 Å². The van der Waals surface area contributed by atoms with E-state index < -0.39 is 18.1 Å². The summed E-state index contributed by atoms with van der Waals surface area (Å²) in [5.74, 6) is -1.74. The van der Waals surface area contributed by atoms with E-state index in [-0.39, 0.29) is 42.7 Å². The van der Waals surface area contributed by atoms with Gasteiger partial charge in [-0.3, -0.25) is 9.59 Å². The molecule has 370 valence electrons. The Morgan fingerprint density at radius 1 is 0.460 bits per heavy atom. The molecule has 0 fully saturated rings. The fourth-order valence-corrected chi connectivity index (χ4v) is 8.12. The Balaban J connectivity index is 4.18. The third-order valence-electron chi connectivity index (χ3n) is 12.3. The second-order valence-corrected chi connectivity index (χ2v) is 19.5. The minimum atomic E-state index is -1.12. The number of rotatable bonds is 49. The van der Waals surface area contributed by atoms with Crippen molar-refractivity contribution < 1.29 is 38.2 Å². The van der Waals surface area contributed by atoms with Crippen molar-refractivity contribution in [2.45, 2.75) is 270 Å². The maximum absolute atomic E-state index is 12.8. The van der Waals surface area contributed by atoms with Crippen molar-refractivity contribution >= 4 is 17.9 Å². The summed E-state index contributed by atoms with van der Waals surface area (Å²) in [6.45, 7) is 4.69. The lowest BCUT2D eigenvalue weighted by Crippen LogP contribution is -2.55. The maximum Gasteiger partial charge on any atom is 0.306 e. The molecule has 2 unspecified atom stereocenters. The summed E-state index contributed by atoms with van der Waals surface area (Å²) in [5, 5.41) is 11.7. The van der Waals surface area contributed by atoms with Crippen molar-refractivity contribution in [3.8, 4) is 0 Å². The molecule has 0 aromatic rings. The van der Waals surface area contributed by atoms with E-state index in [0.717, 1.165) is 51.4 Å². The topological polar surface area (TPSA) is 102 Å². The van der Waals surface area contributed by atoms with Gasteiger partial charge in [0.05, 0.1) is 40.3 Å². The van der Waals surface area contributed by atoms with Gasteiger partial charge in [-0.2, -0.15) is 0 Å². The molecule has 0 aromatic carbocycles. The number of ether oxygens (including phenoxy) is 3. The normalized spacial score (nSPS) is 13.0. The van der Waals surface area contributed by atoms with E-state index in [1.807, 2.05) is 0 Å². The number of aliphatic carboxylic acids is 1. The number of allylic oxidation sites excluding steroid dienone is 4. The quantitative estimate of drug-likeness (QED) is 0.0259. The predicted molar refractivity (Wildman–Crippen MR) is 264 cm³/mol. The van der Waals surface area contributed by atoms with Gasteiger partial charge in [0.1, 0.15) is 12.6 Å². The van der Waals surface area contributed by atoms with Crippen LogP contribution >= 0.6 is 0 Å². The zero-order valence-corrected chi connectivity index (χ0v) is 42.3. The summed E-state index contributed by atoms with van der Waals surface area (Å²) in [4.78, 5) is 37.0. The van der Waals surface area contributed by atoms with Gasteiger partial charge in [0.25, 0.3) is 0 Å². The number of hydrogen-bond donors (Lipinski definition) is 0. The molecule has 0 aliphatic heterocycles. The second-order valence-electron chi connectivity index (χ2n) is 19.5. The molecule has 63 heavy (non-hydrogen) atoms. The molecule has 0 amide bonds. The molecule has 0 aromatic heterocycles. The number of carboxylic acid groups (broad SMARTS) is 1. The number of carboxylic acids is 1. The van der Waals surface area contributed by atoms with E-state index in [0.29, 0.717) is 12.8 Å². The molecule has 0 saturated heterocycles. The predicted octanol–water partition coefficient (Wildman–Crippen LogP) is 14.3. The molecule has 0 rings (SSSR count). The van der Waals surface area contributed by atoms with Crippen LogP contribution < -0.4 is 5.11 Å². The van der Waals surface area contributed by atoms with Crippen LogP contribution in [-0.4, -0.2) is 75.5 Å². The molecule has 0 saturated carbocycles. The van der Waals surface area contributed by atoms with Gasteiger partial charge < -0.3 is 28.6 Å². The summed E-state index contributed by atoms with van der Waals surface area (Å²) in [6, 6.07) is -0.726. The molecule has 8 heteroatoms. The van der Waals surface area contributed by atoms with Crippen molar-refractivity contribution in [3.05, 3.63) is 24.3 Å². The number of nitrogens with zero attached hydrogens (tertiary/aromatic N) is 1. The molecular weight excluding hydrogens is 787 g/mol. The first-order valence-corrected chi connectivity index (χ1v) is 26.9. The van der Waals surface area contributed by atoms with Gasteiger partial charge in [-0.1, -0.05) is 199 Å². The van der Waals surface area contributed by atoms with Gasteiger partial charge in [0, 0.05) is 19.3 Å². The van der Waals surface area contributed by atoms with Crippen molar-refractivity contribution in [3.63, 3.8) is 0 Å². The van der Waals surface area contributed by atoms with E-state index in [1.54, 1.807) is 21.1 Å². The van der Waals surface area contributed by atoms with E-state index >= 15 is 0 Å². The highest BCUT2D eigenvalue weighted by Gasteiger charge is 2.25.